The highest BCUT2D eigenvalue weighted by Crippen LogP contribution is 2.39. The summed E-state index contributed by atoms with van der Waals surface area (Å²) in [5, 5.41) is 4.14. The first-order valence-corrected chi connectivity index (χ1v) is 11.5. The van der Waals surface area contributed by atoms with Crippen LogP contribution >= 0.6 is 0 Å². The number of ether oxygens (including phenoxy) is 3. The average Bonchev–Trinajstić information content (AvgIpc) is 3.35. The lowest BCUT2D eigenvalue weighted by Gasteiger charge is -2.33. The lowest BCUT2D eigenvalue weighted by molar-refractivity contribution is 0.0585. The van der Waals surface area contributed by atoms with Crippen LogP contribution in [0.5, 0.6) is 17.2 Å². The van der Waals surface area contributed by atoms with E-state index in [0.717, 1.165) is 36.8 Å². The molecule has 0 bridgehead atoms. The van der Waals surface area contributed by atoms with E-state index in [1.807, 2.05) is 36.1 Å². The third kappa shape index (κ3) is 5.00. The van der Waals surface area contributed by atoms with Gasteiger partial charge in [0.05, 0.1) is 21.3 Å². The second-order valence-electron chi connectivity index (χ2n) is 8.52. The Morgan fingerprint density at radius 3 is 2.24 bits per heavy atom. The van der Waals surface area contributed by atoms with Crippen LogP contribution in [0.1, 0.15) is 53.9 Å². The van der Waals surface area contributed by atoms with E-state index in [1.54, 1.807) is 12.1 Å². The molecule has 1 aliphatic rings. The van der Waals surface area contributed by atoms with Gasteiger partial charge in [-0.3, -0.25) is 4.79 Å². The van der Waals surface area contributed by atoms with Crippen molar-refractivity contribution in [1.82, 2.24) is 15.0 Å². The molecule has 1 aromatic heterocycles. The highest BCUT2D eigenvalue weighted by Gasteiger charge is 2.30. The molecule has 8 nitrogen and oxygen atoms in total. The molecule has 2 aromatic carbocycles. The molecule has 0 aliphatic heterocycles. The number of hydrogen-bond acceptors (Lipinski definition) is 7. The predicted octanol–water partition coefficient (Wildman–Crippen LogP) is 5.05. The lowest BCUT2D eigenvalue weighted by atomic mass is 9.93. The standard InChI is InChI=1S/C26H31N3O5/c1-17-10-12-18(13-11-17)25-27-23(34-28-25)16-29(20-8-6-5-7-9-20)26(30)19-14-21(31-2)24(33-4)22(15-19)32-3/h10-15,20H,5-9,16H2,1-4H3. The Bertz CT molecular complexity index is 1090. The molecule has 8 heteroatoms. The maximum atomic E-state index is 13.8. The number of aromatic nitrogens is 2. The van der Waals surface area contributed by atoms with E-state index in [2.05, 4.69) is 10.1 Å². The van der Waals surface area contributed by atoms with Crippen molar-refractivity contribution in [3.8, 4) is 28.6 Å². The summed E-state index contributed by atoms with van der Waals surface area (Å²) < 4.78 is 21.9. The highest BCUT2D eigenvalue weighted by molar-refractivity contribution is 5.96. The average molecular weight is 466 g/mol. The van der Waals surface area contributed by atoms with Crippen LogP contribution < -0.4 is 14.2 Å². The van der Waals surface area contributed by atoms with Crippen molar-refractivity contribution >= 4 is 5.91 Å². The molecule has 0 saturated heterocycles. The number of carbonyl (C=O) groups is 1. The zero-order valence-electron chi connectivity index (χ0n) is 20.2. The Morgan fingerprint density at radius 1 is 1.00 bits per heavy atom. The van der Waals surface area contributed by atoms with Gasteiger partial charge in [-0.15, -0.1) is 0 Å². The van der Waals surface area contributed by atoms with Crippen LogP contribution in [0.15, 0.2) is 40.9 Å². The number of hydrogen-bond donors (Lipinski definition) is 0. The summed E-state index contributed by atoms with van der Waals surface area (Å²) in [4.78, 5) is 20.2. The first kappa shape index (κ1) is 23.6. The van der Waals surface area contributed by atoms with Crippen LogP contribution in [0.25, 0.3) is 11.4 Å². The molecule has 3 aromatic rings. The van der Waals surface area contributed by atoms with Gasteiger partial charge in [0.2, 0.25) is 17.5 Å². The third-order valence-corrected chi connectivity index (χ3v) is 6.27. The Hall–Kier alpha value is -3.55. The summed E-state index contributed by atoms with van der Waals surface area (Å²) in [5.74, 6) is 2.11. The minimum absolute atomic E-state index is 0.0927. The smallest absolute Gasteiger partial charge is 0.254 e. The van der Waals surface area contributed by atoms with E-state index in [0.29, 0.717) is 34.5 Å². The Morgan fingerprint density at radius 2 is 1.65 bits per heavy atom. The van der Waals surface area contributed by atoms with Crippen LogP contribution in [0.2, 0.25) is 0 Å². The van der Waals surface area contributed by atoms with Crippen molar-refractivity contribution in [3.05, 3.63) is 53.4 Å². The van der Waals surface area contributed by atoms with Crippen molar-refractivity contribution < 1.29 is 23.5 Å². The van der Waals surface area contributed by atoms with Gasteiger partial charge < -0.3 is 23.6 Å². The van der Waals surface area contributed by atoms with Crippen LogP contribution in [0.3, 0.4) is 0 Å². The molecule has 0 spiro atoms. The molecule has 34 heavy (non-hydrogen) atoms. The molecule has 0 atom stereocenters. The maximum absolute atomic E-state index is 13.8. The second kappa shape index (κ2) is 10.6. The van der Waals surface area contributed by atoms with E-state index in [1.165, 1.54) is 27.8 Å². The first-order valence-electron chi connectivity index (χ1n) is 11.5. The molecular formula is C26H31N3O5. The summed E-state index contributed by atoms with van der Waals surface area (Å²) in [6.45, 7) is 2.27. The van der Waals surface area contributed by atoms with E-state index in [9.17, 15) is 4.79 Å². The van der Waals surface area contributed by atoms with Crippen molar-refractivity contribution in [2.75, 3.05) is 21.3 Å². The second-order valence-corrected chi connectivity index (χ2v) is 8.52. The van der Waals surface area contributed by atoms with Crippen molar-refractivity contribution in [3.63, 3.8) is 0 Å². The summed E-state index contributed by atoms with van der Waals surface area (Å²) in [7, 11) is 4.61. The summed E-state index contributed by atoms with van der Waals surface area (Å²) >= 11 is 0. The minimum Gasteiger partial charge on any atom is -0.493 e. The van der Waals surface area contributed by atoms with Gasteiger partial charge in [0.25, 0.3) is 5.91 Å². The quantitative estimate of drug-likeness (QED) is 0.460. The molecule has 1 heterocycles. The van der Waals surface area contributed by atoms with Gasteiger partial charge in [-0.05, 0) is 31.9 Å². The van der Waals surface area contributed by atoms with Crippen LogP contribution in [0, 0.1) is 6.92 Å². The van der Waals surface area contributed by atoms with E-state index in [-0.39, 0.29) is 18.5 Å². The molecule has 0 N–H and O–H groups in total. The highest BCUT2D eigenvalue weighted by atomic mass is 16.5. The van der Waals surface area contributed by atoms with Gasteiger partial charge in [-0.2, -0.15) is 4.98 Å². The van der Waals surface area contributed by atoms with Crippen molar-refractivity contribution in [1.29, 1.82) is 0 Å². The minimum atomic E-state index is -0.138. The van der Waals surface area contributed by atoms with Crippen LogP contribution in [0.4, 0.5) is 0 Å². The fraction of sp³-hybridized carbons (Fsp3) is 0.423. The van der Waals surface area contributed by atoms with Crippen molar-refractivity contribution in [2.24, 2.45) is 0 Å². The summed E-state index contributed by atoms with van der Waals surface area (Å²) in [6.07, 6.45) is 5.23. The lowest BCUT2D eigenvalue weighted by Crippen LogP contribution is -2.41. The van der Waals surface area contributed by atoms with Gasteiger partial charge in [0, 0.05) is 17.2 Å². The fourth-order valence-electron chi connectivity index (χ4n) is 4.41. The zero-order valence-corrected chi connectivity index (χ0v) is 20.2. The van der Waals surface area contributed by atoms with Gasteiger partial charge in [-0.1, -0.05) is 54.2 Å². The molecule has 4 rings (SSSR count). The molecule has 0 unspecified atom stereocenters. The maximum Gasteiger partial charge on any atom is 0.254 e. The summed E-state index contributed by atoms with van der Waals surface area (Å²) in [6, 6.07) is 11.4. The molecule has 1 fully saturated rings. The van der Waals surface area contributed by atoms with Gasteiger partial charge in [0.15, 0.2) is 11.5 Å². The SMILES string of the molecule is COc1cc(C(=O)N(Cc2nc(-c3ccc(C)cc3)no2)C2CCCCC2)cc(OC)c1OC. The van der Waals surface area contributed by atoms with Gasteiger partial charge in [0.1, 0.15) is 6.54 Å². The number of aryl methyl sites for hydroxylation is 1. The monoisotopic (exact) mass is 465 g/mol. The molecule has 1 saturated carbocycles. The largest absolute Gasteiger partial charge is 0.493 e. The number of carbonyl (C=O) groups excluding carboxylic acids is 1. The number of benzene rings is 2. The first-order chi connectivity index (χ1) is 16.5. The Kier molecular flexibility index (Phi) is 7.35. The molecule has 1 amide bonds. The number of rotatable bonds is 8. The predicted molar refractivity (Wildman–Crippen MR) is 127 cm³/mol. The fourth-order valence-corrected chi connectivity index (χ4v) is 4.41. The number of nitrogens with zero attached hydrogens (tertiary/aromatic N) is 3. The Labute approximate surface area is 199 Å². The van der Waals surface area contributed by atoms with E-state index in [4.69, 9.17) is 18.7 Å². The normalized spacial score (nSPS) is 14.0. The Balaban J connectivity index is 1.64. The summed E-state index contributed by atoms with van der Waals surface area (Å²) in [5.41, 5.74) is 2.49. The molecule has 0 radical (unpaired) electrons. The molecular weight excluding hydrogens is 434 g/mol. The van der Waals surface area contributed by atoms with Crippen molar-refractivity contribution in [2.45, 2.75) is 51.6 Å². The molecule has 180 valence electrons. The van der Waals surface area contributed by atoms with E-state index >= 15 is 0 Å². The number of amides is 1. The van der Waals surface area contributed by atoms with Gasteiger partial charge in [-0.25, -0.2) is 0 Å². The van der Waals surface area contributed by atoms with Crippen LogP contribution in [-0.2, 0) is 6.54 Å². The zero-order chi connectivity index (χ0) is 24.1. The topological polar surface area (TPSA) is 86.9 Å². The molecule has 1 aliphatic carbocycles. The van der Waals surface area contributed by atoms with E-state index < -0.39 is 0 Å². The third-order valence-electron chi connectivity index (χ3n) is 6.27. The van der Waals surface area contributed by atoms with Crippen LogP contribution in [-0.4, -0.2) is 48.3 Å². The van der Waals surface area contributed by atoms with Gasteiger partial charge >= 0.3 is 0 Å². The number of methoxy groups -OCH3 is 3.